The van der Waals surface area contributed by atoms with E-state index in [1.165, 1.54) is 105 Å². The number of fused-ring (bicyclic) bond motifs is 10. The fraction of sp³-hybridized carbons (Fsp3) is 0.0164. The minimum Gasteiger partial charge on any atom is -0.309 e. The van der Waals surface area contributed by atoms with Crippen LogP contribution in [0.5, 0.6) is 0 Å². The molecular weight excluding hydrogens is 761 g/mol. The maximum Gasteiger partial charge on any atom is 0.0714 e. The highest BCUT2D eigenvalue weighted by Gasteiger charge is 2.47. The van der Waals surface area contributed by atoms with E-state index in [9.17, 15) is 0 Å². The number of aromatic nitrogens is 2. The van der Waals surface area contributed by atoms with Gasteiger partial charge in [0.15, 0.2) is 0 Å². The summed E-state index contributed by atoms with van der Waals surface area (Å²) in [6, 6.07) is 89.6. The van der Waals surface area contributed by atoms with E-state index in [4.69, 9.17) is 0 Å². The molecule has 0 aliphatic heterocycles. The van der Waals surface area contributed by atoms with E-state index in [0.29, 0.717) is 0 Å². The predicted octanol–water partition coefficient (Wildman–Crippen LogP) is 15.6. The van der Waals surface area contributed by atoms with Gasteiger partial charge in [-0.15, -0.1) is 0 Å². The molecule has 2 heterocycles. The molecule has 0 bridgehead atoms. The van der Waals surface area contributed by atoms with Gasteiger partial charge in [-0.1, -0.05) is 188 Å². The maximum absolute atomic E-state index is 2.54. The first kappa shape index (κ1) is 35.5. The molecule has 0 spiro atoms. The van der Waals surface area contributed by atoms with Crippen molar-refractivity contribution >= 4 is 43.6 Å². The van der Waals surface area contributed by atoms with Crippen molar-refractivity contribution in [3.05, 3.63) is 265 Å². The quantitative estimate of drug-likeness (QED) is 0.159. The molecule has 0 radical (unpaired) electrons. The molecule has 2 aromatic heterocycles. The van der Waals surface area contributed by atoms with Crippen molar-refractivity contribution in [3.63, 3.8) is 0 Å². The minimum absolute atomic E-state index is 0.505. The Bertz CT molecular complexity index is 3670. The number of rotatable bonds is 6. The van der Waals surface area contributed by atoms with Gasteiger partial charge in [-0.3, -0.25) is 0 Å². The zero-order valence-corrected chi connectivity index (χ0v) is 34.5. The first-order valence-corrected chi connectivity index (χ1v) is 21.8. The monoisotopic (exact) mass is 800 g/mol. The van der Waals surface area contributed by atoms with E-state index >= 15 is 0 Å². The summed E-state index contributed by atoms with van der Waals surface area (Å²) in [6.07, 6.45) is 0. The molecule has 0 fully saturated rings. The van der Waals surface area contributed by atoms with E-state index in [1.54, 1.807) is 0 Å². The Balaban J connectivity index is 1.11. The highest BCUT2D eigenvalue weighted by molar-refractivity contribution is 6.17. The molecule has 2 heteroatoms. The highest BCUT2D eigenvalue weighted by Crippen LogP contribution is 2.58. The lowest BCUT2D eigenvalue weighted by Crippen LogP contribution is -2.28. The van der Waals surface area contributed by atoms with Crippen LogP contribution >= 0.6 is 0 Å². The van der Waals surface area contributed by atoms with Gasteiger partial charge in [-0.25, -0.2) is 0 Å². The number of hydrogen-bond acceptors (Lipinski definition) is 0. The summed E-state index contributed by atoms with van der Waals surface area (Å²) in [5.41, 5.74) is 19.1. The Morgan fingerprint density at radius 1 is 0.286 bits per heavy atom. The van der Waals surface area contributed by atoms with Crippen LogP contribution in [0.4, 0.5) is 0 Å². The summed E-state index contributed by atoms with van der Waals surface area (Å²) in [5.74, 6) is 0. The second-order valence-corrected chi connectivity index (χ2v) is 16.8. The van der Waals surface area contributed by atoms with Crippen LogP contribution in [0.2, 0.25) is 0 Å². The fourth-order valence-corrected chi connectivity index (χ4v) is 10.9. The molecule has 294 valence electrons. The smallest absolute Gasteiger partial charge is 0.0714 e. The fourth-order valence-electron chi connectivity index (χ4n) is 10.9. The largest absolute Gasteiger partial charge is 0.309 e. The summed E-state index contributed by atoms with van der Waals surface area (Å²) >= 11 is 0. The number of nitrogens with zero attached hydrogens (tertiary/aromatic N) is 2. The van der Waals surface area contributed by atoms with E-state index in [1.807, 2.05) is 0 Å². The molecule has 63 heavy (non-hydrogen) atoms. The normalized spacial score (nSPS) is 12.9. The molecule has 0 N–H and O–H groups in total. The Morgan fingerprint density at radius 3 is 1.52 bits per heavy atom. The van der Waals surface area contributed by atoms with Crippen LogP contribution in [0.1, 0.15) is 22.3 Å². The second kappa shape index (κ2) is 13.9. The Hall–Kier alpha value is -8.20. The molecular formula is C61H40N2. The Morgan fingerprint density at radius 2 is 0.810 bits per heavy atom. The average molecular weight is 801 g/mol. The number of hydrogen-bond donors (Lipinski definition) is 0. The van der Waals surface area contributed by atoms with Gasteiger partial charge in [0.05, 0.1) is 27.5 Å². The van der Waals surface area contributed by atoms with Gasteiger partial charge in [0.1, 0.15) is 0 Å². The van der Waals surface area contributed by atoms with Gasteiger partial charge in [0.2, 0.25) is 0 Å². The molecule has 0 atom stereocenters. The van der Waals surface area contributed by atoms with Crippen molar-refractivity contribution in [3.8, 4) is 44.8 Å². The Kier molecular flexibility index (Phi) is 7.85. The molecule has 10 aromatic carbocycles. The zero-order chi connectivity index (χ0) is 41.5. The lowest BCUT2D eigenvalue weighted by molar-refractivity contribution is 0.769. The summed E-state index contributed by atoms with van der Waals surface area (Å²) in [7, 11) is 0. The van der Waals surface area contributed by atoms with Gasteiger partial charge in [-0.05, 0) is 105 Å². The first-order chi connectivity index (χ1) is 31.3. The average Bonchev–Trinajstić information content (AvgIpc) is 3.99. The van der Waals surface area contributed by atoms with Crippen LogP contribution in [0.15, 0.2) is 243 Å². The molecule has 0 saturated carbocycles. The van der Waals surface area contributed by atoms with Gasteiger partial charge < -0.3 is 9.13 Å². The highest BCUT2D eigenvalue weighted by atomic mass is 15.0. The first-order valence-electron chi connectivity index (χ1n) is 21.8. The molecule has 0 saturated heterocycles. The second-order valence-electron chi connectivity index (χ2n) is 16.8. The summed E-state index contributed by atoms with van der Waals surface area (Å²) in [6.45, 7) is 0. The van der Waals surface area contributed by atoms with Crippen molar-refractivity contribution in [2.75, 3.05) is 0 Å². The molecule has 1 aliphatic carbocycles. The van der Waals surface area contributed by atoms with Crippen LogP contribution in [0.25, 0.3) is 88.4 Å². The molecule has 0 amide bonds. The van der Waals surface area contributed by atoms with Crippen molar-refractivity contribution in [1.29, 1.82) is 0 Å². The van der Waals surface area contributed by atoms with Gasteiger partial charge in [0.25, 0.3) is 0 Å². The third-order valence-corrected chi connectivity index (χ3v) is 13.6. The summed E-state index contributed by atoms with van der Waals surface area (Å²) < 4.78 is 4.93. The molecule has 1 aliphatic rings. The lowest BCUT2D eigenvalue weighted by Gasteiger charge is -2.33. The SMILES string of the molecule is c1ccc(-c2cccc(-n3c4ccc(-c5ccc6c(c5)c5ccccc5n6-c5ccccc5)cc4c4ccc5c(c43)-c3ccccc3C5(c3ccccc3)c3ccccc3)c2)cc1. The minimum atomic E-state index is -0.505. The topological polar surface area (TPSA) is 9.86 Å². The Labute approximate surface area is 366 Å². The third-order valence-electron chi connectivity index (χ3n) is 13.6. The molecule has 13 rings (SSSR count). The van der Waals surface area contributed by atoms with Crippen molar-refractivity contribution in [2.45, 2.75) is 5.41 Å². The third kappa shape index (κ3) is 5.19. The zero-order valence-electron chi connectivity index (χ0n) is 34.5. The lowest BCUT2D eigenvalue weighted by atomic mass is 9.67. The standard InChI is InChI=1S/C61H40N2/c1-5-18-41(19-6-1)42-20-17-27-48(38-42)63-58-37-33-44(43-32-36-57-52(39-43)49-28-14-16-31-56(49)62(57)47-25-11-4-12-26-47)40-53(58)50-34-35-55-59(60(50)63)51-29-13-15-30-54(51)61(55,45-21-7-2-8-22-45)46-23-9-3-10-24-46/h1-40H. The van der Waals surface area contributed by atoms with E-state index in [-0.39, 0.29) is 0 Å². The molecule has 2 nitrogen and oxygen atoms in total. The van der Waals surface area contributed by atoms with E-state index in [0.717, 1.165) is 5.69 Å². The van der Waals surface area contributed by atoms with Crippen LogP contribution in [-0.2, 0) is 5.41 Å². The van der Waals surface area contributed by atoms with Crippen LogP contribution < -0.4 is 0 Å². The molecule has 12 aromatic rings. The van der Waals surface area contributed by atoms with Gasteiger partial charge in [-0.2, -0.15) is 0 Å². The van der Waals surface area contributed by atoms with Crippen LogP contribution in [0, 0.1) is 0 Å². The van der Waals surface area contributed by atoms with Crippen molar-refractivity contribution < 1.29 is 0 Å². The van der Waals surface area contributed by atoms with Crippen LogP contribution in [-0.4, -0.2) is 9.13 Å². The van der Waals surface area contributed by atoms with Crippen molar-refractivity contribution in [2.24, 2.45) is 0 Å². The summed E-state index contributed by atoms with van der Waals surface area (Å²) in [4.78, 5) is 0. The van der Waals surface area contributed by atoms with Gasteiger partial charge >= 0.3 is 0 Å². The maximum atomic E-state index is 2.54. The van der Waals surface area contributed by atoms with Gasteiger partial charge in [0, 0.05) is 38.5 Å². The van der Waals surface area contributed by atoms with E-state index < -0.39 is 5.41 Å². The van der Waals surface area contributed by atoms with E-state index in [2.05, 4.69) is 252 Å². The number of benzene rings is 10. The summed E-state index contributed by atoms with van der Waals surface area (Å²) in [5, 5.41) is 4.98. The molecule has 0 unspecified atom stereocenters. The predicted molar refractivity (Wildman–Crippen MR) is 263 cm³/mol. The number of para-hydroxylation sites is 2. The van der Waals surface area contributed by atoms with Crippen LogP contribution in [0.3, 0.4) is 0 Å². The van der Waals surface area contributed by atoms with Crippen molar-refractivity contribution in [1.82, 2.24) is 9.13 Å².